The Balaban J connectivity index is 0. The molecule has 6 nitrogen and oxygen atoms in total. The van der Waals surface area contributed by atoms with E-state index in [0.717, 1.165) is 26.0 Å². The third-order valence-corrected chi connectivity index (χ3v) is 5.63. The van der Waals surface area contributed by atoms with Gasteiger partial charge in [0, 0.05) is 56.7 Å². The van der Waals surface area contributed by atoms with E-state index >= 15 is 0 Å². The Morgan fingerprint density at radius 1 is 0.793 bits per heavy atom. The Bertz CT molecular complexity index is 316. The maximum absolute atomic E-state index is 5.89. The second-order valence-corrected chi connectivity index (χ2v) is 9.09. The van der Waals surface area contributed by atoms with Gasteiger partial charge in [-0.05, 0) is 19.3 Å². The van der Waals surface area contributed by atoms with Crippen LogP contribution in [-0.4, -0.2) is 77.0 Å². The van der Waals surface area contributed by atoms with Crippen molar-refractivity contribution in [2.45, 2.75) is 58.4 Å². The summed E-state index contributed by atoms with van der Waals surface area (Å²) in [4.78, 5) is -0.436. The molecule has 0 aromatic heterocycles. The summed E-state index contributed by atoms with van der Waals surface area (Å²) in [5.41, 5.74) is 0. The molecule has 0 aliphatic rings. The number of ether oxygens (including phenoxy) is 5. The van der Waals surface area contributed by atoms with Crippen LogP contribution in [0.4, 0.5) is 0 Å². The standard InChI is InChI=1S/C20H43NO5S2.U/c1-18(2)6-9-22-12-15-25-16-17-26-20(5,28-27)7-10-23-13-14-24-11-8-21-19(3)4;/h18-19,21,27H,6-17H2,1-5H3;/p-1. The van der Waals surface area contributed by atoms with Crippen molar-refractivity contribution in [2.24, 2.45) is 5.92 Å². The van der Waals surface area contributed by atoms with Gasteiger partial charge in [-0.3, -0.25) is 10.8 Å². The van der Waals surface area contributed by atoms with Crippen LogP contribution in [0.2, 0.25) is 0 Å². The molecule has 9 heteroatoms. The molecule has 0 saturated heterocycles. The first kappa shape index (κ1) is 32.7. The first-order valence-electron chi connectivity index (χ1n) is 10.4. The molecule has 1 unspecified atom stereocenters. The maximum Gasteiger partial charge on any atom is 0.0903 e. The van der Waals surface area contributed by atoms with E-state index in [4.69, 9.17) is 35.3 Å². The average molecular weight is 679 g/mol. The van der Waals surface area contributed by atoms with Crippen molar-refractivity contribution in [2.75, 3.05) is 66.0 Å². The summed E-state index contributed by atoms with van der Waals surface area (Å²) in [6.45, 7) is 17.0. The molecule has 0 aromatic rings. The molecule has 0 bridgehead atoms. The fourth-order valence-electron chi connectivity index (χ4n) is 2.09. The van der Waals surface area contributed by atoms with E-state index in [2.05, 4.69) is 33.0 Å². The second-order valence-electron chi connectivity index (χ2n) is 7.56. The zero-order valence-electron chi connectivity index (χ0n) is 19.0. The summed E-state index contributed by atoms with van der Waals surface area (Å²) < 4.78 is 28.1. The first-order valence-corrected chi connectivity index (χ1v) is 12.1. The summed E-state index contributed by atoms with van der Waals surface area (Å²) in [5.74, 6) is 0.673. The predicted octanol–water partition coefficient (Wildman–Crippen LogP) is 3.41. The zero-order valence-corrected chi connectivity index (χ0v) is 24.8. The topological polar surface area (TPSA) is 58.2 Å². The fraction of sp³-hybridized carbons (Fsp3) is 1.00. The van der Waals surface area contributed by atoms with Crippen LogP contribution in [0.1, 0.15) is 47.5 Å². The monoisotopic (exact) mass is 678 g/mol. The van der Waals surface area contributed by atoms with Crippen LogP contribution in [-0.2, 0) is 35.3 Å². The molecule has 0 radical (unpaired) electrons. The van der Waals surface area contributed by atoms with Crippen molar-refractivity contribution in [3.05, 3.63) is 0 Å². The van der Waals surface area contributed by atoms with Crippen LogP contribution in [0.25, 0.3) is 0 Å². The Hall–Kier alpha value is 1.51. The van der Waals surface area contributed by atoms with Crippen molar-refractivity contribution >= 4 is 22.5 Å². The van der Waals surface area contributed by atoms with Gasteiger partial charge >= 0.3 is 0 Å². The minimum atomic E-state index is -0.436. The SMILES string of the molecule is CC(C)CCOCCOCCOC(C)(CCOCCOCCNC(C)C)S[S-].[U]. The average Bonchev–Trinajstić information content (AvgIpc) is 2.65. The molecule has 0 aromatic carbocycles. The Morgan fingerprint density at radius 3 is 1.86 bits per heavy atom. The molecule has 0 rings (SSSR count). The Kier molecular flexibility index (Phi) is 25.6. The van der Waals surface area contributed by atoms with E-state index in [1.807, 2.05) is 6.92 Å². The van der Waals surface area contributed by atoms with E-state index < -0.39 is 4.93 Å². The van der Waals surface area contributed by atoms with Gasteiger partial charge in [0.25, 0.3) is 0 Å². The molecule has 0 saturated carbocycles. The summed E-state index contributed by atoms with van der Waals surface area (Å²) in [6.07, 6.45) is 1.81. The van der Waals surface area contributed by atoms with E-state index in [9.17, 15) is 0 Å². The van der Waals surface area contributed by atoms with Crippen LogP contribution in [0.3, 0.4) is 0 Å². The largest absolute Gasteiger partial charge is 0.716 e. The van der Waals surface area contributed by atoms with Crippen molar-refractivity contribution in [1.29, 1.82) is 0 Å². The van der Waals surface area contributed by atoms with E-state index in [1.54, 1.807) is 0 Å². The molecule has 0 amide bonds. The van der Waals surface area contributed by atoms with E-state index in [0.29, 0.717) is 64.8 Å². The third kappa shape index (κ3) is 24.0. The van der Waals surface area contributed by atoms with Gasteiger partial charge in [-0.1, -0.05) is 27.7 Å². The van der Waals surface area contributed by atoms with Gasteiger partial charge in [0.2, 0.25) is 0 Å². The van der Waals surface area contributed by atoms with Gasteiger partial charge in [-0.2, -0.15) is 0 Å². The van der Waals surface area contributed by atoms with Gasteiger partial charge in [0.1, 0.15) is 0 Å². The Morgan fingerprint density at radius 2 is 1.31 bits per heavy atom. The number of rotatable bonds is 21. The minimum Gasteiger partial charge on any atom is -0.716 e. The molecule has 0 fully saturated rings. The van der Waals surface area contributed by atoms with Gasteiger partial charge in [0.15, 0.2) is 0 Å². The van der Waals surface area contributed by atoms with Gasteiger partial charge < -0.3 is 40.7 Å². The van der Waals surface area contributed by atoms with Crippen molar-refractivity contribution in [1.82, 2.24) is 5.32 Å². The van der Waals surface area contributed by atoms with Crippen LogP contribution in [0.5, 0.6) is 0 Å². The quantitative estimate of drug-likeness (QED) is 0.0859. The zero-order chi connectivity index (χ0) is 21.1. The predicted molar refractivity (Wildman–Crippen MR) is 120 cm³/mol. The number of nitrogens with one attached hydrogen (secondary N) is 1. The van der Waals surface area contributed by atoms with Crippen LogP contribution >= 0.6 is 10.8 Å². The minimum absolute atomic E-state index is 0. The summed E-state index contributed by atoms with van der Waals surface area (Å²) in [6, 6.07) is 0.488. The van der Waals surface area contributed by atoms with Gasteiger partial charge in [-0.25, -0.2) is 0 Å². The summed E-state index contributed by atoms with van der Waals surface area (Å²) in [5, 5.41) is 3.31. The summed E-state index contributed by atoms with van der Waals surface area (Å²) in [7, 11) is 1.29. The Labute approximate surface area is 211 Å². The number of hydrogen-bond acceptors (Lipinski definition) is 8. The van der Waals surface area contributed by atoms with Crippen molar-refractivity contribution in [3.8, 4) is 0 Å². The molecule has 1 atom stereocenters. The first-order chi connectivity index (χ1) is 13.4. The van der Waals surface area contributed by atoms with Crippen LogP contribution < -0.4 is 5.32 Å². The fourth-order valence-corrected chi connectivity index (χ4v) is 2.79. The molecule has 0 aliphatic heterocycles. The smallest absolute Gasteiger partial charge is 0.0903 e. The molecular weight excluding hydrogens is 636 g/mol. The molecule has 0 spiro atoms. The van der Waals surface area contributed by atoms with Crippen LogP contribution in [0.15, 0.2) is 0 Å². The molecule has 0 aliphatic carbocycles. The maximum atomic E-state index is 5.89. The van der Waals surface area contributed by atoms with Gasteiger partial charge in [-0.15, -0.1) is 0 Å². The van der Waals surface area contributed by atoms with Crippen molar-refractivity contribution in [3.63, 3.8) is 0 Å². The normalized spacial score (nSPS) is 13.7. The van der Waals surface area contributed by atoms with Crippen molar-refractivity contribution < 1.29 is 54.8 Å². The molecule has 0 heterocycles. The third-order valence-electron chi connectivity index (χ3n) is 3.89. The van der Waals surface area contributed by atoms with E-state index in [-0.39, 0.29) is 31.1 Å². The van der Waals surface area contributed by atoms with E-state index in [1.165, 1.54) is 10.8 Å². The molecule has 29 heavy (non-hydrogen) atoms. The number of hydrogen-bond donors (Lipinski definition) is 1. The molecular formula is C20H42NO5S2U-. The molecule has 174 valence electrons. The summed E-state index contributed by atoms with van der Waals surface area (Å²) >= 11 is 5.17. The van der Waals surface area contributed by atoms with Crippen LogP contribution in [0, 0.1) is 37.0 Å². The second kappa shape index (κ2) is 22.7. The molecule has 1 N–H and O–H groups in total. The van der Waals surface area contributed by atoms with Gasteiger partial charge in [0.05, 0.1) is 57.8 Å².